The van der Waals surface area contributed by atoms with Crippen molar-refractivity contribution < 1.29 is 9.59 Å². The average Bonchev–Trinajstić information content (AvgIpc) is 2.71. The van der Waals surface area contributed by atoms with Gasteiger partial charge in [-0.05, 0) is 48.6 Å². The van der Waals surface area contributed by atoms with Crippen molar-refractivity contribution in [2.45, 2.75) is 38.8 Å². The summed E-state index contributed by atoms with van der Waals surface area (Å²) in [5.41, 5.74) is 3.62. The Morgan fingerprint density at radius 3 is 2.57 bits per heavy atom. The molecule has 0 spiro atoms. The fourth-order valence-electron chi connectivity index (χ4n) is 3.39. The maximum Gasteiger partial charge on any atom is 0.315 e. The Hall–Kier alpha value is -2.34. The molecule has 1 aliphatic heterocycles. The fraction of sp³-hybridized carbons (Fsp3) is 0.364. The first-order valence-corrected chi connectivity index (χ1v) is 10.5. The van der Waals surface area contributed by atoms with Crippen molar-refractivity contribution in [2.75, 3.05) is 13.1 Å². The van der Waals surface area contributed by atoms with Gasteiger partial charge in [0.15, 0.2) is 0 Å². The minimum Gasteiger partial charge on any atom is -0.338 e. The molecule has 1 atom stereocenters. The van der Waals surface area contributed by atoms with Crippen molar-refractivity contribution in [1.29, 1.82) is 0 Å². The van der Waals surface area contributed by atoms with E-state index in [9.17, 15) is 9.59 Å². The van der Waals surface area contributed by atoms with Gasteiger partial charge in [0.25, 0.3) is 0 Å². The largest absolute Gasteiger partial charge is 0.338 e. The van der Waals surface area contributed by atoms with Crippen LogP contribution in [0.15, 0.2) is 53.0 Å². The van der Waals surface area contributed by atoms with Gasteiger partial charge < -0.3 is 15.5 Å². The van der Waals surface area contributed by atoms with Crippen molar-refractivity contribution in [3.05, 3.63) is 69.7 Å². The van der Waals surface area contributed by atoms with E-state index in [4.69, 9.17) is 0 Å². The maximum absolute atomic E-state index is 12.4. The zero-order valence-corrected chi connectivity index (χ0v) is 17.7. The highest BCUT2D eigenvalue weighted by Gasteiger charge is 2.19. The summed E-state index contributed by atoms with van der Waals surface area (Å²) < 4.78 is 1.01. The summed E-state index contributed by atoms with van der Waals surface area (Å²) in [4.78, 5) is 26.4. The van der Waals surface area contributed by atoms with E-state index in [2.05, 4.69) is 38.7 Å². The number of hydrogen-bond donors (Lipinski definition) is 2. The number of halogens is 1. The van der Waals surface area contributed by atoms with Gasteiger partial charge in [0.2, 0.25) is 5.91 Å². The first-order chi connectivity index (χ1) is 13.5. The van der Waals surface area contributed by atoms with Gasteiger partial charge in [0.05, 0.1) is 6.04 Å². The van der Waals surface area contributed by atoms with E-state index in [1.165, 1.54) is 11.1 Å². The Morgan fingerprint density at radius 2 is 1.82 bits per heavy atom. The Morgan fingerprint density at radius 1 is 1.11 bits per heavy atom. The molecule has 0 aromatic heterocycles. The molecule has 1 aliphatic rings. The topological polar surface area (TPSA) is 61.4 Å². The smallest absolute Gasteiger partial charge is 0.315 e. The third-order valence-corrected chi connectivity index (χ3v) is 5.58. The Bertz CT molecular complexity index is 823. The molecule has 2 aromatic carbocycles. The third kappa shape index (κ3) is 5.58. The molecule has 0 radical (unpaired) electrons. The lowest BCUT2D eigenvalue weighted by Gasteiger charge is -2.29. The first kappa shape index (κ1) is 20.4. The second kappa shape index (κ2) is 9.73. The quantitative estimate of drug-likeness (QED) is 0.657. The lowest BCUT2D eigenvalue weighted by atomic mass is 9.99. The van der Waals surface area contributed by atoms with Gasteiger partial charge in [-0.15, -0.1) is 0 Å². The van der Waals surface area contributed by atoms with Crippen LogP contribution in [-0.4, -0.2) is 29.9 Å². The molecule has 0 fully saturated rings. The summed E-state index contributed by atoms with van der Waals surface area (Å²) in [5.74, 6) is 0.153. The number of hydrogen-bond acceptors (Lipinski definition) is 2. The van der Waals surface area contributed by atoms with E-state index in [0.717, 1.165) is 23.0 Å². The third-order valence-electron chi connectivity index (χ3n) is 5.05. The molecular weight excluding hydrogens is 418 g/mol. The average molecular weight is 444 g/mol. The standard InChI is InChI=1S/C22H26BrN3O2/c1-16(17-8-10-20(23)11-9-17)25-22(28)24-13-4-7-21(27)26-14-12-18-5-2-3-6-19(18)15-26/h2-3,5-6,8-11,16H,4,7,12-15H2,1H3,(H2,24,25,28). The minimum absolute atomic E-state index is 0.0804. The van der Waals surface area contributed by atoms with Crippen LogP contribution in [0.25, 0.3) is 0 Å². The molecule has 3 rings (SSSR count). The Kier molecular flexibility index (Phi) is 7.09. The Labute approximate surface area is 174 Å². The van der Waals surface area contributed by atoms with Crippen LogP contribution in [0.2, 0.25) is 0 Å². The van der Waals surface area contributed by atoms with E-state index in [1.807, 2.05) is 48.2 Å². The van der Waals surface area contributed by atoms with E-state index in [0.29, 0.717) is 25.9 Å². The summed E-state index contributed by atoms with van der Waals surface area (Å²) in [6, 6.07) is 15.9. The highest BCUT2D eigenvalue weighted by molar-refractivity contribution is 9.10. The van der Waals surface area contributed by atoms with Gasteiger partial charge in [-0.3, -0.25) is 4.79 Å². The van der Waals surface area contributed by atoms with Crippen LogP contribution in [0.1, 0.15) is 42.5 Å². The monoisotopic (exact) mass is 443 g/mol. The molecule has 0 bridgehead atoms. The first-order valence-electron chi connectivity index (χ1n) is 9.67. The normalized spacial score (nSPS) is 14.1. The van der Waals surface area contributed by atoms with Crippen molar-refractivity contribution in [3.63, 3.8) is 0 Å². The number of fused-ring (bicyclic) bond motifs is 1. The summed E-state index contributed by atoms with van der Waals surface area (Å²) in [7, 11) is 0. The number of carbonyl (C=O) groups is 2. The van der Waals surface area contributed by atoms with Crippen LogP contribution in [0.5, 0.6) is 0 Å². The van der Waals surface area contributed by atoms with Crippen molar-refractivity contribution in [1.82, 2.24) is 15.5 Å². The van der Waals surface area contributed by atoms with Gasteiger partial charge in [-0.2, -0.15) is 0 Å². The number of rotatable bonds is 6. The molecule has 28 heavy (non-hydrogen) atoms. The molecule has 0 saturated carbocycles. The van der Waals surface area contributed by atoms with Gasteiger partial charge in [0.1, 0.15) is 0 Å². The highest BCUT2D eigenvalue weighted by atomic mass is 79.9. The predicted molar refractivity (Wildman–Crippen MR) is 114 cm³/mol. The molecule has 2 N–H and O–H groups in total. The zero-order valence-electron chi connectivity index (χ0n) is 16.1. The number of benzene rings is 2. The van der Waals surface area contributed by atoms with Gasteiger partial charge in [0, 0.05) is 30.5 Å². The van der Waals surface area contributed by atoms with Crippen LogP contribution in [0.4, 0.5) is 4.79 Å². The summed E-state index contributed by atoms with van der Waals surface area (Å²) >= 11 is 3.41. The van der Waals surface area contributed by atoms with Gasteiger partial charge in [-0.25, -0.2) is 4.79 Å². The summed E-state index contributed by atoms with van der Waals surface area (Å²) in [5, 5.41) is 5.76. The zero-order chi connectivity index (χ0) is 19.9. The molecule has 148 valence electrons. The molecule has 0 aliphatic carbocycles. The number of carbonyl (C=O) groups excluding carboxylic acids is 2. The van der Waals surface area contributed by atoms with Gasteiger partial charge >= 0.3 is 6.03 Å². The number of nitrogens with zero attached hydrogens (tertiary/aromatic N) is 1. The second-order valence-corrected chi connectivity index (χ2v) is 8.03. The molecule has 2 aromatic rings. The second-order valence-electron chi connectivity index (χ2n) is 7.11. The van der Waals surface area contributed by atoms with Crippen molar-refractivity contribution in [2.24, 2.45) is 0 Å². The number of amides is 3. The molecule has 0 saturated heterocycles. The highest BCUT2D eigenvalue weighted by Crippen LogP contribution is 2.19. The number of urea groups is 1. The van der Waals surface area contributed by atoms with Crippen LogP contribution in [-0.2, 0) is 17.8 Å². The van der Waals surface area contributed by atoms with Crippen molar-refractivity contribution in [3.8, 4) is 0 Å². The fourth-order valence-corrected chi connectivity index (χ4v) is 3.66. The molecule has 5 nitrogen and oxygen atoms in total. The number of nitrogens with one attached hydrogen (secondary N) is 2. The molecule has 6 heteroatoms. The van der Waals surface area contributed by atoms with Gasteiger partial charge in [-0.1, -0.05) is 52.3 Å². The molecular formula is C22H26BrN3O2. The van der Waals surface area contributed by atoms with Crippen LogP contribution in [0, 0.1) is 0 Å². The molecule has 3 amide bonds. The van der Waals surface area contributed by atoms with Crippen LogP contribution < -0.4 is 10.6 Å². The lowest BCUT2D eigenvalue weighted by Crippen LogP contribution is -2.38. The molecule has 1 heterocycles. The SMILES string of the molecule is CC(NC(=O)NCCCC(=O)N1CCc2ccccc2C1)c1ccc(Br)cc1. The van der Waals surface area contributed by atoms with E-state index >= 15 is 0 Å². The molecule has 1 unspecified atom stereocenters. The van der Waals surface area contributed by atoms with Crippen LogP contribution >= 0.6 is 15.9 Å². The van der Waals surface area contributed by atoms with Crippen molar-refractivity contribution >= 4 is 27.9 Å². The van der Waals surface area contributed by atoms with Crippen LogP contribution in [0.3, 0.4) is 0 Å². The van der Waals surface area contributed by atoms with E-state index in [1.54, 1.807) is 0 Å². The summed E-state index contributed by atoms with van der Waals surface area (Å²) in [6.07, 6.45) is 2.00. The minimum atomic E-state index is -0.213. The summed E-state index contributed by atoms with van der Waals surface area (Å²) in [6.45, 7) is 3.89. The maximum atomic E-state index is 12.4. The van der Waals surface area contributed by atoms with E-state index < -0.39 is 0 Å². The van der Waals surface area contributed by atoms with E-state index in [-0.39, 0.29) is 18.0 Å². The Balaban J connectivity index is 1.35. The lowest BCUT2D eigenvalue weighted by molar-refractivity contribution is -0.132. The predicted octanol–water partition coefficient (Wildman–Crippen LogP) is 4.17.